The van der Waals surface area contributed by atoms with Crippen molar-refractivity contribution < 1.29 is 14.3 Å². The van der Waals surface area contributed by atoms with Gasteiger partial charge in [-0.15, -0.1) is 22.7 Å². The van der Waals surface area contributed by atoms with Gasteiger partial charge in [-0.3, -0.25) is 9.79 Å². The molecule has 3 N–H and O–H groups in total. The van der Waals surface area contributed by atoms with Gasteiger partial charge in [-0.1, -0.05) is 24.6 Å². The van der Waals surface area contributed by atoms with Gasteiger partial charge in [-0.05, 0) is 75.2 Å². The number of thiophene rings is 2. The lowest BCUT2D eigenvalue weighted by atomic mass is 9.87. The molecule has 9 nitrogen and oxygen atoms in total. The van der Waals surface area contributed by atoms with E-state index in [-0.39, 0.29) is 5.91 Å². The molecule has 4 aromatic rings. The Bertz CT molecular complexity index is 1680. The highest BCUT2D eigenvalue weighted by molar-refractivity contribution is 7.16. The number of carbonyl (C=O) groups excluding carboxylic acids is 1. The van der Waals surface area contributed by atoms with Crippen molar-refractivity contribution in [2.45, 2.75) is 89.9 Å². The molecule has 0 fully saturated rings. The lowest BCUT2D eigenvalue weighted by molar-refractivity contribution is -0.114. The molecule has 3 atom stereocenters. The molecule has 0 bridgehead atoms. The number of allylic oxidation sites excluding steroid dienone is 4. The molecule has 0 aromatic carbocycles. The number of nitrogens with one attached hydrogen (secondary N) is 3. The maximum atomic E-state index is 11.1. The highest BCUT2D eigenvalue weighted by Crippen LogP contribution is 2.44. The van der Waals surface area contributed by atoms with Gasteiger partial charge < -0.3 is 24.8 Å². The van der Waals surface area contributed by atoms with Crippen molar-refractivity contribution in [3.05, 3.63) is 87.1 Å². The lowest BCUT2D eigenvalue weighted by Crippen LogP contribution is -2.14. The average Bonchev–Trinajstić information content (AvgIpc) is 3.93. The summed E-state index contributed by atoms with van der Waals surface area (Å²) < 4.78 is 11.3. The highest BCUT2D eigenvalue weighted by atomic mass is 32.1. The number of rotatable bonds is 8. The van der Waals surface area contributed by atoms with Crippen LogP contribution in [-0.4, -0.2) is 45.3 Å². The van der Waals surface area contributed by atoms with Crippen molar-refractivity contribution in [1.82, 2.24) is 19.9 Å². The van der Waals surface area contributed by atoms with E-state index in [2.05, 4.69) is 60.8 Å². The Hall–Kier alpha value is -3.96. The van der Waals surface area contributed by atoms with Crippen molar-refractivity contribution in [2.24, 2.45) is 10.9 Å². The summed E-state index contributed by atoms with van der Waals surface area (Å²) >= 11 is 3.40. The van der Waals surface area contributed by atoms with Crippen molar-refractivity contribution in [2.75, 3.05) is 18.5 Å². The Morgan fingerprint density at radius 1 is 0.979 bits per heavy atom. The van der Waals surface area contributed by atoms with Crippen LogP contribution in [0.1, 0.15) is 98.2 Å². The number of aromatic nitrogens is 4. The molecule has 4 aliphatic rings. The molecule has 0 radical (unpaired) electrons. The van der Waals surface area contributed by atoms with Gasteiger partial charge in [0.1, 0.15) is 11.5 Å². The predicted octanol–water partition coefficient (Wildman–Crippen LogP) is 8.99. The molecule has 3 aliphatic heterocycles. The fourth-order valence-corrected chi connectivity index (χ4v) is 8.87. The van der Waals surface area contributed by atoms with Gasteiger partial charge in [0.25, 0.3) is 0 Å². The highest BCUT2D eigenvalue weighted by Gasteiger charge is 2.26. The Morgan fingerprint density at radius 2 is 1.71 bits per heavy atom. The second-order valence-electron chi connectivity index (χ2n) is 12.7. The van der Waals surface area contributed by atoms with Crippen LogP contribution in [-0.2, 0) is 17.6 Å². The van der Waals surface area contributed by atoms with Crippen LogP contribution in [0.2, 0.25) is 0 Å². The third-order valence-corrected chi connectivity index (χ3v) is 11.4. The Balaban J connectivity index is 0.000000127. The summed E-state index contributed by atoms with van der Waals surface area (Å²) in [5.41, 5.74) is 5.31. The van der Waals surface area contributed by atoms with Crippen molar-refractivity contribution in [1.29, 1.82) is 0 Å². The number of aromatic amines is 2. The number of fused-ring (bicyclic) bond motifs is 2. The molecule has 3 unspecified atom stereocenters. The minimum absolute atomic E-state index is 0.0521. The van der Waals surface area contributed by atoms with Crippen LogP contribution < -0.4 is 14.8 Å². The Morgan fingerprint density at radius 3 is 2.35 bits per heavy atom. The first-order valence-corrected chi connectivity index (χ1v) is 18.8. The maximum absolute atomic E-state index is 11.1. The number of H-pyrrole nitrogens is 2. The molecule has 11 heteroatoms. The number of ether oxygens (including phenoxy) is 2. The van der Waals surface area contributed by atoms with E-state index in [9.17, 15) is 4.79 Å². The number of aliphatic imine (C=N–C) groups is 1. The smallest absolute Gasteiger partial charge is 0.221 e. The summed E-state index contributed by atoms with van der Waals surface area (Å²) in [6.07, 6.45) is 25.6. The fourth-order valence-electron chi connectivity index (χ4n) is 6.71. The number of anilines is 1. The minimum atomic E-state index is -0.0521. The number of imidazole rings is 2. The van der Waals surface area contributed by atoms with E-state index in [4.69, 9.17) is 9.47 Å². The van der Waals surface area contributed by atoms with Gasteiger partial charge >= 0.3 is 0 Å². The number of hydrogen-bond donors (Lipinski definition) is 3. The molecular weight excluding hydrogens is 641 g/mol. The Kier molecular flexibility index (Phi) is 12.0. The van der Waals surface area contributed by atoms with Gasteiger partial charge in [-0.25, -0.2) is 9.97 Å². The van der Waals surface area contributed by atoms with Gasteiger partial charge in [0.2, 0.25) is 5.91 Å². The monoisotopic (exact) mass is 686 g/mol. The first kappa shape index (κ1) is 33.9. The van der Waals surface area contributed by atoms with Crippen molar-refractivity contribution >= 4 is 39.8 Å². The normalized spacial score (nSPS) is 20.8. The zero-order valence-electron chi connectivity index (χ0n) is 27.9. The fraction of sp³-hybridized carbons (Fsp3) is 0.459. The van der Waals surface area contributed by atoms with Crippen molar-refractivity contribution in [3.8, 4) is 11.5 Å². The molecule has 0 saturated heterocycles. The first-order chi connectivity index (χ1) is 23.5. The second kappa shape index (κ2) is 16.9. The number of hydrogen-bond acceptors (Lipinski definition) is 8. The molecule has 7 heterocycles. The van der Waals surface area contributed by atoms with Gasteiger partial charge in [-0.2, -0.15) is 0 Å². The summed E-state index contributed by atoms with van der Waals surface area (Å²) in [6.45, 7) is 5.34. The standard InChI is InChI=1S/C13H15N3O2S.C13H19N.C11H12N2OS/c1-8(17)16-12-5-11-13(19-12)9(2-3-18-11)4-10-6-14-7-15-10;1-2-11-5-3-6-12(9-11)10-13-7-4-8-14-13;1-3-14-10-2-4-15-11(10)8(1)5-9-6-12-7-13-9/h5-7,9H,2-4H2,1H3,(H,14,15)(H,16,17);7-9,12H,2-6,10H2,1H3;2,4,6-8H,1,3,5H2,(H,12,13). The zero-order chi connectivity index (χ0) is 33.1. The number of nitrogens with zero attached hydrogens (tertiary/aromatic N) is 3. The Labute approximate surface area is 291 Å². The summed E-state index contributed by atoms with van der Waals surface area (Å²) in [5, 5.41) is 5.78. The second-order valence-corrected chi connectivity index (χ2v) is 14.7. The van der Waals surface area contributed by atoms with E-state index in [0.29, 0.717) is 11.8 Å². The SMILES string of the molecule is CC(=O)Nc1cc2c(s1)C(Cc1cnc[nH]1)CCO2.CCC1=CC(CC2=CCC=N2)CCC1.c1ncc(CC2CCOc3ccsc32)[nH]1. The molecule has 48 heavy (non-hydrogen) atoms. The predicted molar refractivity (Wildman–Crippen MR) is 195 cm³/mol. The van der Waals surface area contributed by atoms with E-state index in [1.165, 1.54) is 60.2 Å². The molecule has 0 saturated carbocycles. The average molecular weight is 687 g/mol. The van der Waals surface area contributed by atoms with Crippen LogP contribution in [0, 0.1) is 5.92 Å². The first-order valence-electron chi connectivity index (χ1n) is 17.1. The van der Waals surface area contributed by atoms with Crippen LogP contribution >= 0.6 is 22.7 Å². The third-order valence-electron chi connectivity index (χ3n) is 9.10. The molecule has 0 spiro atoms. The molecular formula is C37H46N6O3S2. The quantitative estimate of drug-likeness (QED) is 0.160. The van der Waals surface area contributed by atoms with Crippen LogP contribution in [0.25, 0.3) is 0 Å². The zero-order valence-corrected chi connectivity index (χ0v) is 29.5. The molecule has 254 valence electrons. The van der Waals surface area contributed by atoms with Crippen LogP contribution in [0.4, 0.5) is 5.00 Å². The molecule has 1 aliphatic carbocycles. The van der Waals surface area contributed by atoms with E-state index in [1.807, 2.05) is 24.7 Å². The van der Waals surface area contributed by atoms with Crippen LogP contribution in [0.5, 0.6) is 11.5 Å². The van der Waals surface area contributed by atoms with E-state index >= 15 is 0 Å². The molecule has 4 aromatic heterocycles. The van der Waals surface area contributed by atoms with Gasteiger partial charge in [0.05, 0.1) is 40.6 Å². The van der Waals surface area contributed by atoms with Crippen LogP contribution in [0.15, 0.2) is 71.0 Å². The largest absolute Gasteiger partial charge is 0.492 e. The summed E-state index contributed by atoms with van der Waals surface area (Å²) in [4.78, 5) is 32.5. The molecule has 8 rings (SSSR count). The summed E-state index contributed by atoms with van der Waals surface area (Å²) in [7, 11) is 0. The number of amides is 1. The maximum Gasteiger partial charge on any atom is 0.221 e. The number of carbonyl (C=O) groups is 1. The van der Waals surface area contributed by atoms with Gasteiger partial charge in [0.15, 0.2) is 0 Å². The van der Waals surface area contributed by atoms with E-state index < -0.39 is 0 Å². The third kappa shape index (κ3) is 9.35. The summed E-state index contributed by atoms with van der Waals surface area (Å²) in [6, 6.07) is 3.99. The van der Waals surface area contributed by atoms with E-state index in [1.54, 1.807) is 40.9 Å². The summed E-state index contributed by atoms with van der Waals surface area (Å²) in [5.74, 6) is 3.72. The lowest BCUT2D eigenvalue weighted by Gasteiger charge is -2.22. The van der Waals surface area contributed by atoms with Crippen LogP contribution in [0.3, 0.4) is 0 Å². The minimum Gasteiger partial charge on any atom is -0.492 e. The van der Waals surface area contributed by atoms with Gasteiger partial charge in [0, 0.05) is 66.9 Å². The topological polar surface area (TPSA) is 117 Å². The van der Waals surface area contributed by atoms with Crippen molar-refractivity contribution in [3.63, 3.8) is 0 Å². The van der Waals surface area contributed by atoms with E-state index in [0.717, 1.165) is 73.4 Å². The molecule has 1 amide bonds.